The maximum Gasteiger partial charge on any atom is 0.508 e. The zero-order chi connectivity index (χ0) is 20.2. The number of hydrogen-bond donors (Lipinski definition) is 0. The van der Waals surface area contributed by atoms with E-state index in [0.29, 0.717) is 25.7 Å². The van der Waals surface area contributed by atoms with Crippen LogP contribution < -0.4 is 0 Å². The molecule has 0 aliphatic carbocycles. The van der Waals surface area contributed by atoms with Gasteiger partial charge in [-0.3, -0.25) is 0 Å². The fraction of sp³-hybridized carbons (Fsp3) is 0.632. The Labute approximate surface area is 155 Å². The van der Waals surface area contributed by atoms with Crippen molar-refractivity contribution in [2.24, 2.45) is 0 Å². The molecule has 0 saturated carbocycles. The van der Waals surface area contributed by atoms with Crippen molar-refractivity contribution in [1.29, 1.82) is 0 Å². The molecule has 0 radical (unpaired) electrons. The van der Waals surface area contributed by atoms with Crippen molar-refractivity contribution in [2.45, 2.75) is 64.6 Å². The van der Waals surface area contributed by atoms with Crippen LogP contribution in [0.5, 0.6) is 0 Å². The van der Waals surface area contributed by atoms with Gasteiger partial charge >= 0.3 is 18.1 Å². The van der Waals surface area contributed by atoms with Crippen molar-refractivity contribution in [2.75, 3.05) is 13.2 Å². The van der Waals surface area contributed by atoms with Crippen LogP contribution in [0, 0.1) is 0 Å². The molecule has 0 aliphatic rings. The van der Waals surface area contributed by atoms with Crippen LogP contribution in [0.3, 0.4) is 0 Å². The average Bonchev–Trinajstić information content (AvgIpc) is 2.54. The fourth-order valence-corrected chi connectivity index (χ4v) is 2.05. The van der Waals surface area contributed by atoms with Crippen molar-refractivity contribution in [3.8, 4) is 0 Å². The molecule has 0 aliphatic heterocycles. The van der Waals surface area contributed by atoms with Crippen LogP contribution in [-0.4, -0.2) is 42.5 Å². The van der Waals surface area contributed by atoms with E-state index in [4.69, 9.17) is 18.9 Å². The van der Waals surface area contributed by atoms with Gasteiger partial charge in [-0.2, -0.15) is 0 Å². The Morgan fingerprint density at radius 3 is 1.73 bits per heavy atom. The van der Waals surface area contributed by atoms with Gasteiger partial charge in [-0.25, -0.2) is 14.4 Å². The summed E-state index contributed by atoms with van der Waals surface area (Å²) in [6.07, 6.45) is 3.54. The minimum atomic E-state index is -0.765. The zero-order valence-electron chi connectivity index (χ0n) is 16.2. The molecule has 0 bridgehead atoms. The first kappa shape index (κ1) is 23.7. The van der Waals surface area contributed by atoms with Gasteiger partial charge in [0, 0.05) is 12.2 Å². The van der Waals surface area contributed by atoms with E-state index in [2.05, 4.69) is 13.2 Å². The van der Waals surface area contributed by atoms with E-state index in [0.717, 1.165) is 12.2 Å². The quantitative estimate of drug-likeness (QED) is 0.224. The topological polar surface area (TPSA) is 88.1 Å². The van der Waals surface area contributed by atoms with E-state index in [1.807, 2.05) is 0 Å². The molecule has 0 heterocycles. The molecule has 0 N–H and O–H groups in total. The van der Waals surface area contributed by atoms with Crippen LogP contribution in [-0.2, 0) is 28.5 Å². The van der Waals surface area contributed by atoms with Crippen LogP contribution in [0.1, 0.15) is 53.4 Å². The van der Waals surface area contributed by atoms with E-state index in [1.54, 1.807) is 27.7 Å². The minimum Gasteiger partial charge on any atom is -0.463 e. The molecule has 0 atom stereocenters. The molecule has 0 saturated heterocycles. The second kappa shape index (κ2) is 11.3. The molecule has 0 fully saturated rings. The summed E-state index contributed by atoms with van der Waals surface area (Å²) < 4.78 is 20.4. The van der Waals surface area contributed by atoms with Gasteiger partial charge in [-0.05, 0) is 53.4 Å². The summed E-state index contributed by atoms with van der Waals surface area (Å²) in [5.41, 5.74) is -1.41. The zero-order valence-corrected chi connectivity index (χ0v) is 16.2. The van der Waals surface area contributed by atoms with Gasteiger partial charge in [-0.1, -0.05) is 13.2 Å². The summed E-state index contributed by atoms with van der Waals surface area (Å²) >= 11 is 0. The molecule has 0 aromatic rings. The summed E-state index contributed by atoms with van der Waals surface area (Å²) in [5.74, 6) is -0.972. The third-order valence-electron chi connectivity index (χ3n) is 3.38. The highest BCUT2D eigenvalue weighted by molar-refractivity contribution is 5.81. The Bertz CT molecular complexity index is 506. The van der Waals surface area contributed by atoms with E-state index < -0.39 is 29.3 Å². The molecule has 0 aromatic carbocycles. The second-order valence-corrected chi connectivity index (χ2v) is 6.92. The Morgan fingerprint density at radius 1 is 0.769 bits per heavy atom. The van der Waals surface area contributed by atoms with Gasteiger partial charge in [0.15, 0.2) is 0 Å². The van der Waals surface area contributed by atoms with Crippen LogP contribution >= 0.6 is 0 Å². The highest BCUT2D eigenvalue weighted by Gasteiger charge is 2.25. The Morgan fingerprint density at radius 2 is 1.23 bits per heavy atom. The molecule has 7 heteroatoms. The number of esters is 2. The lowest BCUT2D eigenvalue weighted by Crippen LogP contribution is -2.30. The van der Waals surface area contributed by atoms with E-state index in [-0.39, 0.29) is 13.2 Å². The van der Waals surface area contributed by atoms with Gasteiger partial charge in [-0.15, -0.1) is 0 Å². The number of carbonyl (C=O) groups excluding carboxylic acids is 3. The lowest BCUT2D eigenvalue weighted by Gasteiger charge is -2.25. The summed E-state index contributed by atoms with van der Waals surface area (Å²) in [4.78, 5) is 33.9. The van der Waals surface area contributed by atoms with Crippen molar-refractivity contribution < 1.29 is 33.3 Å². The molecule has 7 nitrogen and oxygen atoms in total. The summed E-state index contributed by atoms with van der Waals surface area (Å²) in [5, 5.41) is 0. The van der Waals surface area contributed by atoms with Gasteiger partial charge in [0.2, 0.25) is 0 Å². The van der Waals surface area contributed by atoms with Crippen molar-refractivity contribution >= 4 is 18.1 Å². The number of hydrogen-bond acceptors (Lipinski definition) is 7. The predicted molar refractivity (Wildman–Crippen MR) is 96.5 cm³/mol. The lowest BCUT2D eigenvalue weighted by atomic mass is 10.0. The largest absolute Gasteiger partial charge is 0.508 e. The molecule has 0 rings (SSSR count). The first-order valence-corrected chi connectivity index (χ1v) is 8.52. The average molecular weight is 370 g/mol. The summed E-state index contributed by atoms with van der Waals surface area (Å²) in [7, 11) is 0. The number of rotatable bonds is 12. The van der Waals surface area contributed by atoms with Crippen molar-refractivity contribution in [3.63, 3.8) is 0 Å². The minimum absolute atomic E-state index is 0.154. The smallest absolute Gasteiger partial charge is 0.463 e. The van der Waals surface area contributed by atoms with Gasteiger partial charge in [0.05, 0.1) is 13.2 Å². The number of ether oxygens (including phenoxy) is 4. The van der Waals surface area contributed by atoms with E-state index >= 15 is 0 Å². The molecule has 0 unspecified atom stereocenters. The third-order valence-corrected chi connectivity index (χ3v) is 3.38. The van der Waals surface area contributed by atoms with Crippen molar-refractivity contribution in [3.05, 3.63) is 25.3 Å². The highest BCUT2D eigenvalue weighted by atomic mass is 16.7. The van der Waals surface area contributed by atoms with Gasteiger partial charge in [0.1, 0.15) is 11.2 Å². The summed E-state index contributed by atoms with van der Waals surface area (Å²) in [6.45, 7) is 14.1. The highest BCUT2D eigenvalue weighted by Crippen LogP contribution is 2.19. The van der Waals surface area contributed by atoms with Crippen LogP contribution in [0.25, 0.3) is 0 Å². The maximum atomic E-state index is 11.8. The molecule has 0 spiro atoms. The Balaban J connectivity index is 4.02. The normalized spacial score (nSPS) is 11.2. The van der Waals surface area contributed by atoms with Gasteiger partial charge in [0.25, 0.3) is 0 Å². The van der Waals surface area contributed by atoms with E-state index in [1.165, 1.54) is 0 Å². The first-order valence-electron chi connectivity index (χ1n) is 8.52. The molecular weight excluding hydrogens is 340 g/mol. The molecule has 148 valence electrons. The maximum absolute atomic E-state index is 11.8. The molecular formula is C19H30O7. The van der Waals surface area contributed by atoms with E-state index in [9.17, 15) is 14.4 Å². The monoisotopic (exact) mass is 370 g/mol. The van der Waals surface area contributed by atoms with Crippen LogP contribution in [0.15, 0.2) is 25.3 Å². The summed E-state index contributed by atoms with van der Waals surface area (Å²) in [6, 6.07) is 0. The molecule has 0 aromatic heterocycles. The fourth-order valence-electron chi connectivity index (χ4n) is 2.05. The predicted octanol–water partition coefficient (Wildman–Crippen LogP) is 3.72. The first-order chi connectivity index (χ1) is 12.0. The third kappa shape index (κ3) is 12.1. The lowest BCUT2D eigenvalue weighted by molar-refractivity contribution is -0.151. The van der Waals surface area contributed by atoms with Crippen LogP contribution in [0.4, 0.5) is 4.79 Å². The van der Waals surface area contributed by atoms with Gasteiger partial charge < -0.3 is 18.9 Å². The van der Waals surface area contributed by atoms with Crippen LogP contribution in [0.2, 0.25) is 0 Å². The Kier molecular flexibility index (Phi) is 10.3. The second-order valence-electron chi connectivity index (χ2n) is 6.92. The van der Waals surface area contributed by atoms with Crippen molar-refractivity contribution in [1.82, 2.24) is 0 Å². The number of carbonyl (C=O) groups is 3. The Hall–Kier alpha value is -2.31. The molecule has 26 heavy (non-hydrogen) atoms. The SMILES string of the molecule is C=CC(=O)OCCCC(C)(C)OC(=O)OCCCC(C)(C)OC(=O)C=C. The molecule has 0 amide bonds. The standard InChI is InChI=1S/C19H30O7/c1-7-15(20)23-13-9-12-19(5,6)26-17(22)24-14-10-11-18(3,4)25-16(21)8-2/h7-8H,1-2,9-14H2,3-6H3.